The molecule has 1 aromatic heterocycles. The molecular formula is C12H14N2O2. The van der Waals surface area contributed by atoms with Crippen LogP contribution in [-0.4, -0.2) is 29.6 Å². The topological polar surface area (TPSA) is 60.4 Å². The summed E-state index contributed by atoms with van der Waals surface area (Å²) in [6.45, 7) is 2.70. The average Bonchev–Trinajstić information content (AvgIpc) is 2.79. The number of fused-ring (bicyclic) bond motifs is 3. The zero-order chi connectivity index (χ0) is 11.2. The van der Waals surface area contributed by atoms with Crippen LogP contribution < -0.4 is 0 Å². The second-order valence-corrected chi connectivity index (χ2v) is 4.75. The van der Waals surface area contributed by atoms with Crippen molar-refractivity contribution in [3.8, 4) is 6.07 Å². The number of nitriles is 1. The van der Waals surface area contributed by atoms with Crippen LogP contribution in [0.4, 0.5) is 0 Å². The summed E-state index contributed by atoms with van der Waals surface area (Å²) in [5.41, 5.74) is -0.485. The first-order chi connectivity index (χ1) is 7.74. The molecular weight excluding hydrogens is 204 g/mol. The second-order valence-electron chi connectivity index (χ2n) is 4.75. The molecule has 84 valence electrons. The fraction of sp³-hybridized carbons (Fsp3) is 0.583. The molecule has 1 unspecified atom stereocenters. The molecule has 1 N–H and O–H groups in total. The molecule has 0 aromatic carbocycles. The molecule has 4 rings (SSSR count). The van der Waals surface area contributed by atoms with E-state index in [0.29, 0.717) is 17.9 Å². The highest BCUT2D eigenvalue weighted by Crippen LogP contribution is 2.43. The van der Waals surface area contributed by atoms with Crippen LogP contribution in [0.2, 0.25) is 0 Å². The number of hydrogen-bond donors (Lipinski definition) is 1. The zero-order valence-corrected chi connectivity index (χ0v) is 9.02. The summed E-state index contributed by atoms with van der Waals surface area (Å²) in [5.74, 6) is 0.695. The monoisotopic (exact) mass is 218 g/mol. The van der Waals surface area contributed by atoms with Gasteiger partial charge in [0.1, 0.15) is 11.7 Å². The molecule has 0 amide bonds. The first-order valence-electron chi connectivity index (χ1n) is 5.67. The van der Waals surface area contributed by atoms with Crippen molar-refractivity contribution in [2.24, 2.45) is 5.92 Å². The molecule has 2 bridgehead atoms. The summed E-state index contributed by atoms with van der Waals surface area (Å²) in [5, 5.41) is 19.7. The first kappa shape index (κ1) is 9.88. The van der Waals surface area contributed by atoms with E-state index in [2.05, 4.69) is 11.0 Å². The van der Waals surface area contributed by atoms with Gasteiger partial charge < -0.3 is 9.52 Å². The number of piperidine rings is 3. The summed E-state index contributed by atoms with van der Waals surface area (Å²) in [6.07, 6.45) is 3.47. The van der Waals surface area contributed by atoms with Gasteiger partial charge in [0, 0.05) is 6.54 Å². The van der Waals surface area contributed by atoms with Crippen molar-refractivity contribution in [3.05, 3.63) is 23.7 Å². The van der Waals surface area contributed by atoms with Crippen LogP contribution in [0.15, 0.2) is 16.7 Å². The number of nitrogens with zero attached hydrogens (tertiary/aromatic N) is 2. The van der Waals surface area contributed by atoms with Crippen molar-refractivity contribution >= 4 is 0 Å². The van der Waals surface area contributed by atoms with Gasteiger partial charge in [-0.15, -0.1) is 0 Å². The Morgan fingerprint density at radius 3 is 2.81 bits per heavy atom. The highest BCUT2D eigenvalue weighted by molar-refractivity contribution is 5.36. The van der Waals surface area contributed by atoms with Crippen molar-refractivity contribution in [1.29, 1.82) is 5.26 Å². The normalized spacial score (nSPS) is 37.2. The van der Waals surface area contributed by atoms with E-state index in [0.717, 1.165) is 25.9 Å². The van der Waals surface area contributed by atoms with Crippen molar-refractivity contribution in [2.75, 3.05) is 19.6 Å². The van der Waals surface area contributed by atoms with Crippen LogP contribution >= 0.6 is 0 Å². The van der Waals surface area contributed by atoms with E-state index in [4.69, 9.17) is 9.68 Å². The van der Waals surface area contributed by atoms with Crippen molar-refractivity contribution < 1.29 is 9.52 Å². The van der Waals surface area contributed by atoms with E-state index < -0.39 is 5.60 Å². The molecule has 3 aliphatic heterocycles. The van der Waals surface area contributed by atoms with E-state index in [9.17, 15) is 5.11 Å². The summed E-state index contributed by atoms with van der Waals surface area (Å²) in [4.78, 5) is 2.24. The minimum Gasteiger partial charge on any atom is -0.465 e. The highest BCUT2D eigenvalue weighted by Gasteiger charge is 2.49. The van der Waals surface area contributed by atoms with Crippen LogP contribution in [0.3, 0.4) is 0 Å². The van der Waals surface area contributed by atoms with Crippen LogP contribution in [0.1, 0.15) is 24.2 Å². The maximum absolute atomic E-state index is 10.7. The SMILES string of the molecule is N#Cc1ccoc1C1(O)CN2CCC1CC2. The lowest BCUT2D eigenvalue weighted by Gasteiger charge is -2.49. The lowest BCUT2D eigenvalue weighted by molar-refractivity contribution is -0.129. The largest absolute Gasteiger partial charge is 0.465 e. The van der Waals surface area contributed by atoms with E-state index in [1.165, 1.54) is 6.26 Å². The maximum Gasteiger partial charge on any atom is 0.154 e. The lowest BCUT2D eigenvalue weighted by atomic mass is 9.73. The highest BCUT2D eigenvalue weighted by atomic mass is 16.4. The molecule has 4 heteroatoms. The van der Waals surface area contributed by atoms with Gasteiger partial charge in [0.2, 0.25) is 0 Å². The van der Waals surface area contributed by atoms with Gasteiger partial charge in [0.15, 0.2) is 5.76 Å². The maximum atomic E-state index is 10.7. The van der Waals surface area contributed by atoms with Gasteiger partial charge in [-0.05, 0) is 37.9 Å². The average molecular weight is 218 g/mol. The summed E-state index contributed by atoms with van der Waals surface area (Å²) in [7, 11) is 0. The number of aliphatic hydroxyl groups is 1. The van der Waals surface area contributed by atoms with Gasteiger partial charge in [-0.3, -0.25) is 4.90 Å². The van der Waals surface area contributed by atoms with Crippen molar-refractivity contribution in [1.82, 2.24) is 4.90 Å². The lowest BCUT2D eigenvalue weighted by Crippen LogP contribution is -2.57. The molecule has 4 nitrogen and oxygen atoms in total. The Hall–Kier alpha value is -1.31. The predicted molar refractivity (Wildman–Crippen MR) is 56.5 cm³/mol. The zero-order valence-electron chi connectivity index (χ0n) is 9.02. The van der Waals surface area contributed by atoms with Gasteiger partial charge >= 0.3 is 0 Å². The molecule has 1 aromatic rings. The Labute approximate surface area is 94.1 Å². The van der Waals surface area contributed by atoms with E-state index in [-0.39, 0.29) is 5.92 Å². The Kier molecular flexibility index (Phi) is 2.06. The van der Waals surface area contributed by atoms with Gasteiger partial charge in [-0.25, -0.2) is 0 Å². The third-order valence-electron chi connectivity index (χ3n) is 3.91. The van der Waals surface area contributed by atoms with Crippen LogP contribution in [0.5, 0.6) is 0 Å². The summed E-state index contributed by atoms with van der Waals surface area (Å²) >= 11 is 0. The molecule has 4 heterocycles. The molecule has 3 saturated heterocycles. The summed E-state index contributed by atoms with van der Waals surface area (Å²) in [6, 6.07) is 3.72. The third kappa shape index (κ3) is 1.22. The minimum absolute atomic E-state index is 0.232. The Balaban J connectivity index is 2.03. The minimum atomic E-state index is -0.953. The third-order valence-corrected chi connectivity index (χ3v) is 3.91. The molecule has 0 saturated carbocycles. The molecule has 1 atom stereocenters. The molecule has 16 heavy (non-hydrogen) atoms. The van der Waals surface area contributed by atoms with Gasteiger partial charge in [-0.1, -0.05) is 0 Å². The first-order valence-corrected chi connectivity index (χ1v) is 5.67. The summed E-state index contributed by atoms with van der Waals surface area (Å²) < 4.78 is 5.35. The molecule has 3 fully saturated rings. The molecule has 0 radical (unpaired) electrons. The van der Waals surface area contributed by atoms with Crippen LogP contribution in [0, 0.1) is 17.2 Å². The van der Waals surface area contributed by atoms with Crippen LogP contribution in [-0.2, 0) is 5.60 Å². The van der Waals surface area contributed by atoms with E-state index in [1.807, 2.05) is 0 Å². The number of hydrogen-bond acceptors (Lipinski definition) is 4. The standard InChI is InChI=1S/C12H14N2O2/c13-7-9-3-6-16-11(9)12(15)8-14-4-1-10(12)2-5-14/h3,6,10,15H,1-2,4-5,8H2. The Morgan fingerprint density at radius 2 is 2.25 bits per heavy atom. The van der Waals surface area contributed by atoms with E-state index in [1.54, 1.807) is 6.07 Å². The predicted octanol–water partition coefficient (Wildman–Crippen LogP) is 1.06. The number of rotatable bonds is 1. The van der Waals surface area contributed by atoms with Gasteiger partial charge in [-0.2, -0.15) is 5.26 Å². The van der Waals surface area contributed by atoms with E-state index >= 15 is 0 Å². The fourth-order valence-corrected chi connectivity index (χ4v) is 3.03. The van der Waals surface area contributed by atoms with Crippen molar-refractivity contribution in [3.63, 3.8) is 0 Å². The van der Waals surface area contributed by atoms with Gasteiger partial charge in [0.05, 0.1) is 11.8 Å². The quantitative estimate of drug-likeness (QED) is 0.765. The van der Waals surface area contributed by atoms with Crippen LogP contribution in [0.25, 0.3) is 0 Å². The second kappa shape index (κ2) is 3.34. The van der Waals surface area contributed by atoms with Gasteiger partial charge in [0.25, 0.3) is 0 Å². The smallest absolute Gasteiger partial charge is 0.154 e. The number of furan rings is 1. The van der Waals surface area contributed by atoms with Crippen molar-refractivity contribution in [2.45, 2.75) is 18.4 Å². The molecule has 0 spiro atoms. The molecule has 0 aliphatic carbocycles. The fourth-order valence-electron chi connectivity index (χ4n) is 3.03. The molecule has 3 aliphatic rings. The Morgan fingerprint density at radius 1 is 1.50 bits per heavy atom. The Bertz CT molecular complexity index is 440.